The topological polar surface area (TPSA) is 81.1 Å². The Morgan fingerprint density at radius 1 is 1.54 bits per heavy atom. The highest BCUT2D eigenvalue weighted by atomic mass is 15.2. The van der Waals surface area contributed by atoms with Crippen LogP contribution in [-0.4, -0.2) is 34.0 Å². The van der Waals surface area contributed by atoms with E-state index in [9.17, 15) is 0 Å². The molecule has 1 aliphatic heterocycles. The lowest BCUT2D eigenvalue weighted by molar-refractivity contribution is 0.138. The summed E-state index contributed by atoms with van der Waals surface area (Å²) in [5.41, 5.74) is 11.2. The molecular weight excluding hydrogens is 166 g/mol. The van der Waals surface area contributed by atoms with E-state index in [4.69, 9.17) is 11.5 Å². The quantitative estimate of drug-likeness (QED) is 0.621. The molecule has 13 heavy (non-hydrogen) atoms. The molecule has 0 aliphatic carbocycles. The minimum absolute atomic E-state index is 0.320. The van der Waals surface area contributed by atoms with Crippen molar-refractivity contribution in [3.05, 3.63) is 18.1 Å². The molecule has 0 spiro atoms. The van der Waals surface area contributed by atoms with Gasteiger partial charge in [-0.1, -0.05) is 0 Å². The van der Waals surface area contributed by atoms with Crippen LogP contribution in [-0.2, 0) is 6.54 Å². The Hall–Kier alpha value is -1.20. The van der Waals surface area contributed by atoms with E-state index in [1.54, 1.807) is 12.3 Å². The lowest BCUT2D eigenvalue weighted by Crippen LogP contribution is -2.55. The van der Waals surface area contributed by atoms with Crippen LogP contribution in [0, 0.1) is 0 Å². The summed E-state index contributed by atoms with van der Waals surface area (Å²) in [6.45, 7) is 2.61. The Morgan fingerprint density at radius 3 is 2.92 bits per heavy atom. The predicted molar refractivity (Wildman–Crippen MR) is 49.7 cm³/mol. The lowest BCUT2D eigenvalue weighted by Gasteiger charge is -2.36. The first-order chi connectivity index (χ1) is 6.24. The van der Waals surface area contributed by atoms with Crippen LogP contribution in [0.4, 0.5) is 5.82 Å². The van der Waals surface area contributed by atoms with Gasteiger partial charge in [-0.3, -0.25) is 4.90 Å². The average molecular weight is 179 g/mol. The summed E-state index contributed by atoms with van der Waals surface area (Å²) >= 11 is 0. The summed E-state index contributed by atoms with van der Waals surface area (Å²) < 4.78 is 0. The maximum atomic E-state index is 5.65. The van der Waals surface area contributed by atoms with Gasteiger partial charge < -0.3 is 11.5 Å². The standard InChI is InChI=1S/C8H13N5/c9-6-3-13(4-6)5-8-11-2-1-7(10)12-8/h1-2,6H,3-5,9H2,(H2,10,11,12). The zero-order chi connectivity index (χ0) is 9.26. The highest BCUT2D eigenvalue weighted by Gasteiger charge is 2.23. The summed E-state index contributed by atoms with van der Waals surface area (Å²) in [4.78, 5) is 10.4. The van der Waals surface area contributed by atoms with Crippen LogP contribution in [0.2, 0.25) is 0 Å². The maximum Gasteiger partial charge on any atom is 0.144 e. The first kappa shape index (κ1) is 8.40. The summed E-state index contributed by atoms with van der Waals surface area (Å²) in [5.74, 6) is 1.29. The van der Waals surface area contributed by atoms with Gasteiger partial charge in [0, 0.05) is 25.3 Å². The molecule has 1 aliphatic rings. The van der Waals surface area contributed by atoms with Gasteiger partial charge in [0.15, 0.2) is 0 Å². The first-order valence-electron chi connectivity index (χ1n) is 4.29. The van der Waals surface area contributed by atoms with E-state index < -0.39 is 0 Å². The monoisotopic (exact) mass is 179 g/mol. The fraction of sp³-hybridized carbons (Fsp3) is 0.500. The van der Waals surface area contributed by atoms with Crippen LogP contribution >= 0.6 is 0 Å². The number of hydrogen-bond donors (Lipinski definition) is 2. The molecule has 0 amide bonds. The fourth-order valence-electron chi connectivity index (χ4n) is 1.43. The molecule has 4 N–H and O–H groups in total. The van der Waals surface area contributed by atoms with E-state index >= 15 is 0 Å². The van der Waals surface area contributed by atoms with Crippen molar-refractivity contribution in [1.82, 2.24) is 14.9 Å². The Bertz CT molecular complexity index is 294. The van der Waals surface area contributed by atoms with E-state index in [1.165, 1.54) is 0 Å². The van der Waals surface area contributed by atoms with Crippen LogP contribution in [0.15, 0.2) is 12.3 Å². The van der Waals surface area contributed by atoms with E-state index in [0.29, 0.717) is 11.9 Å². The SMILES string of the molecule is Nc1ccnc(CN2CC(N)C2)n1. The second-order valence-corrected chi connectivity index (χ2v) is 3.35. The zero-order valence-electron chi connectivity index (χ0n) is 7.35. The van der Waals surface area contributed by atoms with E-state index in [1.807, 2.05) is 0 Å². The highest BCUT2D eigenvalue weighted by molar-refractivity contribution is 5.25. The molecule has 1 aromatic rings. The van der Waals surface area contributed by atoms with Crippen LogP contribution in [0.1, 0.15) is 5.82 Å². The molecule has 2 rings (SSSR count). The van der Waals surface area contributed by atoms with Gasteiger partial charge in [0.05, 0.1) is 6.54 Å². The molecule has 0 bridgehead atoms. The number of nitrogens with zero attached hydrogens (tertiary/aromatic N) is 3. The molecule has 5 heteroatoms. The number of rotatable bonds is 2. The summed E-state index contributed by atoms with van der Waals surface area (Å²) in [6, 6.07) is 2.01. The molecule has 0 radical (unpaired) electrons. The third-order valence-corrected chi connectivity index (χ3v) is 2.08. The smallest absolute Gasteiger partial charge is 0.144 e. The van der Waals surface area contributed by atoms with Crippen molar-refractivity contribution in [3.63, 3.8) is 0 Å². The van der Waals surface area contributed by atoms with Gasteiger partial charge in [-0.05, 0) is 6.07 Å². The number of likely N-dealkylation sites (tertiary alicyclic amines) is 1. The molecule has 0 atom stereocenters. The van der Waals surface area contributed by atoms with Crippen LogP contribution in [0.5, 0.6) is 0 Å². The summed E-state index contributed by atoms with van der Waals surface area (Å²) in [5, 5.41) is 0. The van der Waals surface area contributed by atoms with Crippen LogP contribution < -0.4 is 11.5 Å². The molecule has 0 aromatic carbocycles. The fourth-order valence-corrected chi connectivity index (χ4v) is 1.43. The second kappa shape index (κ2) is 3.27. The van der Waals surface area contributed by atoms with Gasteiger partial charge in [0.25, 0.3) is 0 Å². The van der Waals surface area contributed by atoms with Crippen LogP contribution in [0.3, 0.4) is 0 Å². The van der Waals surface area contributed by atoms with Crippen molar-refractivity contribution in [3.8, 4) is 0 Å². The third-order valence-electron chi connectivity index (χ3n) is 2.08. The van der Waals surface area contributed by atoms with Gasteiger partial charge in [-0.25, -0.2) is 9.97 Å². The number of aromatic nitrogens is 2. The van der Waals surface area contributed by atoms with E-state index in [0.717, 1.165) is 25.5 Å². The van der Waals surface area contributed by atoms with Crippen molar-refractivity contribution in [2.75, 3.05) is 18.8 Å². The zero-order valence-corrected chi connectivity index (χ0v) is 7.35. The summed E-state index contributed by atoms with van der Waals surface area (Å²) in [7, 11) is 0. The molecule has 5 nitrogen and oxygen atoms in total. The van der Waals surface area contributed by atoms with E-state index in [2.05, 4.69) is 14.9 Å². The number of anilines is 1. The number of nitrogens with two attached hydrogens (primary N) is 2. The molecule has 0 unspecified atom stereocenters. The average Bonchev–Trinajstić information content (AvgIpc) is 2.01. The van der Waals surface area contributed by atoms with Gasteiger partial charge in [-0.15, -0.1) is 0 Å². The van der Waals surface area contributed by atoms with Crippen molar-refractivity contribution < 1.29 is 0 Å². The second-order valence-electron chi connectivity index (χ2n) is 3.35. The Kier molecular flexibility index (Phi) is 2.12. The minimum atomic E-state index is 0.320. The lowest BCUT2D eigenvalue weighted by atomic mass is 10.1. The number of hydrogen-bond acceptors (Lipinski definition) is 5. The Balaban J connectivity index is 1.94. The molecule has 1 aromatic heterocycles. The molecule has 1 saturated heterocycles. The molecular formula is C8H13N5. The third kappa shape index (κ3) is 1.93. The molecule has 0 saturated carbocycles. The van der Waals surface area contributed by atoms with Gasteiger partial charge in [-0.2, -0.15) is 0 Å². The number of nitrogen functional groups attached to an aromatic ring is 1. The van der Waals surface area contributed by atoms with E-state index in [-0.39, 0.29) is 0 Å². The van der Waals surface area contributed by atoms with Gasteiger partial charge in [0.1, 0.15) is 11.6 Å². The predicted octanol–water partition coefficient (Wildman–Crippen LogP) is -0.798. The van der Waals surface area contributed by atoms with Crippen molar-refractivity contribution in [2.24, 2.45) is 5.73 Å². The summed E-state index contributed by atoms with van der Waals surface area (Å²) in [6.07, 6.45) is 1.68. The minimum Gasteiger partial charge on any atom is -0.384 e. The first-order valence-corrected chi connectivity index (χ1v) is 4.29. The van der Waals surface area contributed by atoms with Crippen LogP contribution in [0.25, 0.3) is 0 Å². The Morgan fingerprint density at radius 2 is 2.31 bits per heavy atom. The van der Waals surface area contributed by atoms with Gasteiger partial charge in [0.2, 0.25) is 0 Å². The molecule has 70 valence electrons. The van der Waals surface area contributed by atoms with Crippen molar-refractivity contribution in [2.45, 2.75) is 12.6 Å². The normalized spacial score (nSPS) is 18.5. The maximum absolute atomic E-state index is 5.65. The van der Waals surface area contributed by atoms with Crippen molar-refractivity contribution >= 4 is 5.82 Å². The molecule has 2 heterocycles. The van der Waals surface area contributed by atoms with Gasteiger partial charge >= 0.3 is 0 Å². The molecule has 1 fully saturated rings. The Labute approximate surface area is 76.8 Å². The largest absolute Gasteiger partial charge is 0.384 e. The van der Waals surface area contributed by atoms with Crippen molar-refractivity contribution in [1.29, 1.82) is 0 Å². The highest BCUT2D eigenvalue weighted by Crippen LogP contribution is 2.09.